The molecule has 27 heavy (non-hydrogen) atoms. The topological polar surface area (TPSA) is 72.9 Å². The standard InChI is InChI=1S/C19H25Cl2N3O3/c1-14(22-8-2-12-25)24-11-10-23(9-7-19(24)27)18(26)6-4-15-3-5-16(20)17(21)13-15/h3-6,13-14,22,25H,2,7-12H2,1H3/b6-4+. The Kier molecular flexibility index (Phi) is 8.57. The van der Waals surface area contributed by atoms with Gasteiger partial charge in [0.2, 0.25) is 11.8 Å². The van der Waals surface area contributed by atoms with E-state index in [2.05, 4.69) is 5.32 Å². The molecule has 2 N–H and O–H groups in total. The summed E-state index contributed by atoms with van der Waals surface area (Å²) in [5, 5.41) is 13.0. The number of rotatable bonds is 7. The monoisotopic (exact) mass is 413 g/mol. The van der Waals surface area contributed by atoms with E-state index in [0.717, 1.165) is 5.56 Å². The first-order chi connectivity index (χ1) is 12.9. The molecular formula is C19H25Cl2N3O3. The number of halogens is 2. The zero-order valence-electron chi connectivity index (χ0n) is 15.3. The van der Waals surface area contributed by atoms with Crippen LogP contribution in [0.3, 0.4) is 0 Å². The van der Waals surface area contributed by atoms with Crippen molar-refractivity contribution >= 4 is 41.1 Å². The van der Waals surface area contributed by atoms with Crippen LogP contribution >= 0.6 is 23.2 Å². The van der Waals surface area contributed by atoms with E-state index in [1.807, 2.05) is 6.92 Å². The van der Waals surface area contributed by atoms with Gasteiger partial charge in [-0.15, -0.1) is 0 Å². The van der Waals surface area contributed by atoms with Crippen molar-refractivity contribution in [1.29, 1.82) is 0 Å². The fraction of sp³-hybridized carbons (Fsp3) is 0.474. The second-order valence-electron chi connectivity index (χ2n) is 6.38. The number of aliphatic hydroxyl groups is 1. The minimum Gasteiger partial charge on any atom is -0.396 e. The molecule has 1 aliphatic rings. The van der Waals surface area contributed by atoms with Crippen LogP contribution in [0, 0.1) is 0 Å². The molecule has 148 valence electrons. The van der Waals surface area contributed by atoms with E-state index >= 15 is 0 Å². The van der Waals surface area contributed by atoms with Gasteiger partial charge < -0.3 is 14.9 Å². The molecule has 6 nitrogen and oxygen atoms in total. The maximum Gasteiger partial charge on any atom is 0.246 e. The van der Waals surface area contributed by atoms with Crippen molar-refractivity contribution < 1.29 is 14.7 Å². The van der Waals surface area contributed by atoms with Crippen LogP contribution in [0.25, 0.3) is 6.08 Å². The van der Waals surface area contributed by atoms with Crippen LogP contribution in [0.4, 0.5) is 0 Å². The number of hydrogen-bond donors (Lipinski definition) is 2. The second-order valence-corrected chi connectivity index (χ2v) is 7.19. The number of carbonyl (C=O) groups is 2. The molecule has 1 aromatic rings. The predicted octanol–water partition coefficient (Wildman–Crippen LogP) is 2.39. The van der Waals surface area contributed by atoms with E-state index < -0.39 is 0 Å². The van der Waals surface area contributed by atoms with Crippen LogP contribution in [0.15, 0.2) is 24.3 Å². The minimum atomic E-state index is -0.142. The summed E-state index contributed by atoms with van der Waals surface area (Å²) in [6.07, 6.45) is 3.97. The third-order valence-corrected chi connectivity index (χ3v) is 5.18. The van der Waals surface area contributed by atoms with Gasteiger partial charge in [-0.05, 0) is 43.7 Å². The van der Waals surface area contributed by atoms with Gasteiger partial charge in [-0.25, -0.2) is 0 Å². The molecule has 1 aromatic carbocycles. The Hall–Kier alpha value is -1.60. The van der Waals surface area contributed by atoms with Crippen LogP contribution in [-0.2, 0) is 9.59 Å². The summed E-state index contributed by atoms with van der Waals surface area (Å²) in [5.41, 5.74) is 0.784. The van der Waals surface area contributed by atoms with E-state index in [-0.39, 0.29) is 24.6 Å². The Bertz CT molecular complexity index is 697. The molecule has 1 saturated heterocycles. The lowest BCUT2D eigenvalue weighted by atomic mass is 10.2. The highest BCUT2D eigenvalue weighted by Gasteiger charge is 2.25. The number of carbonyl (C=O) groups excluding carboxylic acids is 2. The van der Waals surface area contributed by atoms with Gasteiger partial charge in [-0.2, -0.15) is 0 Å². The summed E-state index contributed by atoms with van der Waals surface area (Å²) in [6, 6.07) is 5.16. The zero-order valence-corrected chi connectivity index (χ0v) is 16.8. The first-order valence-electron chi connectivity index (χ1n) is 8.98. The Labute approximate surface area is 169 Å². The SMILES string of the molecule is CC(NCCCO)N1CCN(C(=O)/C=C/c2ccc(Cl)c(Cl)c2)CCC1=O. The molecule has 1 atom stereocenters. The summed E-state index contributed by atoms with van der Waals surface area (Å²) in [6.45, 7) is 4.00. The molecule has 8 heteroatoms. The molecule has 0 spiro atoms. The van der Waals surface area contributed by atoms with Gasteiger partial charge >= 0.3 is 0 Å². The summed E-state index contributed by atoms with van der Waals surface area (Å²) in [4.78, 5) is 28.3. The lowest BCUT2D eigenvalue weighted by Crippen LogP contribution is -2.48. The average molecular weight is 414 g/mol. The molecule has 1 heterocycles. The smallest absolute Gasteiger partial charge is 0.246 e. The van der Waals surface area contributed by atoms with Crippen molar-refractivity contribution in [3.05, 3.63) is 39.9 Å². The number of amides is 2. The number of nitrogens with one attached hydrogen (secondary N) is 1. The molecule has 1 fully saturated rings. The Balaban J connectivity index is 1.93. The van der Waals surface area contributed by atoms with Crippen LogP contribution < -0.4 is 5.32 Å². The van der Waals surface area contributed by atoms with E-state index in [1.54, 1.807) is 34.1 Å². The fourth-order valence-corrected chi connectivity index (χ4v) is 3.16. The maximum atomic E-state index is 12.5. The Morgan fingerprint density at radius 1 is 1.30 bits per heavy atom. The molecular weight excluding hydrogens is 389 g/mol. The van der Waals surface area contributed by atoms with Crippen LogP contribution in [0.2, 0.25) is 10.0 Å². The van der Waals surface area contributed by atoms with Crippen LogP contribution in [-0.4, -0.2) is 65.7 Å². The highest BCUT2D eigenvalue weighted by molar-refractivity contribution is 6.42. The highest BCUT2D eigenvalue weighted by atomic mass is 35.5. The van der Waals surface area contributed by atoms with E-state index in [1.165, 1.54) is 6.08 Å². The number of benzene rings is 1. The normalized spacial score (nSPS) is 16.7. The van der Waals surface area contributed by atoms with Crippen LogP contribution in [0.1, 0.15) is 25.3 Å². The molecule has 0 radical (unpaired) electrons. The highest BCUT2D eigenvalue weighted by Crippen LogP contribution is 2.23. The molecule has 1 unspecified atom stereocenters. The third-order valence-electron chi connectivity index (χ3n) is 4.44. The quantitative estimate of drug-likeness (QED) is 0.531. The van der Waals surface area contributed by atoms with Gasteiger partial charge in [-0.3, -0.25) is 14.9 Å². The van der Waals surface area contributed by atoms with Gasteiger partial charge in [0.15, 0.2) is 0 Å². The van der Waals surface area contributed by atoms with Crippen molar-refractivity contribution in [3.63, 3.8) is 0 Å². The largest absolute Gasteiger partial charge is 0.396 e. The van der Waals surface area contributed by atoms with E-state index in [4.69, 9.17) is 28.3 Å². The summed E-state index contributed by atoms with van der Waals surface area (Å²) in [5.74, 6) is -0.126. The van der Waals surface area contributed by atoms with E-state index in [9.17, 15) is 9.59 Å². The summed E-state index contributed by atoms with van der Waals surface area (Å²) < 4.78 is 0. The lowest BCUT2D eigenvalue weighted by molar-refractivity contribution is -0.132. The van der Waals surface area contributed by atoms with Crippen molar-refractivity contribution in [2.45, 2.75) is 25.9 Å². The number of hydrogen-bond acceptors (Lipinski definition) is 4. The van der Waals surface area contributed by atoms with Gasteiger partial charge in [0.1, 0.15) is 0 Å². The van der Waals surface area contributed by atoms with E-state index in [0.29, 0.717) is 49.1 Å². The molecule has 0 saturated carbocycles. The Morgan fingerprint density at radius 3 is 2.78 bits per heavy atom. The van der Waals surface area contributed by atoms with Crippen molar-refractivity contribution in [2.24, 2.45) is 0 Å². The van der Waals surface area contributed by atoms with Gasteiger partial charge in [0, 0.05) is 38.7 Å². The Morgan fingerprint density at radius 2 is 2.07 bits per heavy atom. The molecule has 1 aliphatic heterocycles. The second kappa shape index (κ2) is 10.7. The first-order valence-corrected chi connectivity index (χ1v) is 9.73. The minimum absolute atomic E-state index is 0.0164. The van der Waals surface area contributed by atoms with Gasteiger partial charge in [-0.1, -0.05) is 29.3 Å². The number of aliphatic hydroxyl groups excluding tert-OH is 1. The lowest BCUT2D eigenvalue weighted by Gasteiger charge is -2.29. The summed E-state index contributed by atoms with van der Waals surface area (Å²) >= 11 is 11.9. The fourth-order valence-electron chi connectivity index (χ4n) is 2.86. The zero-order chi connectivity index (χ0) is 19.8. The van der Waals surface area contributed by atoms with Crippen LogP contribution in [0.5, 0.6) is 0 Å². The molecule has 0 bridgehead atoms. The summed E-state index contributed by atoms with van der Waals surface area (Å²) in [7, 11) is 0. The van der Waals surface area contributed by atoms with Gasteiger partial charge in [0.05, 0.1) is 16.2 Å². The predicted molar refractivity (Wildman–Crippen MR) is 108 cm³/mol. The van der Waals surface area contributed by atoms with Gasteiger partial charge in [0.25, 0.3) is 0 Å². The molecule has 2 rings (SSSR count). The van der Waals surface area contributed by atoms with Crippen molar-refractivity contribution in [1.82, 2.24) is 15.1 Å². The maximum absolute atomic E-state index is 12.5. The molecule has 0 aliphatic carbocycles. The third kappa shape index (κ3) is 6.50. The first kappa shape index (κ1) is 21.7. The molecule has 2 amide bonds. The number of nitrogens with zero attached hydrogens (tertiary/aromatic N) is 2. The molecule has 0 aromatic heterocycles. The van der Waals surface area contributed by atoms with Crippen molar-refractivity contribution in [2.75, 3.05) is 32.8 Å². The average Bonchev–Trinajstić information content (AvgIpc) is 2.84. The van der Waals surface area contributed by atoms with Crippen molar-refractivity contribution in [3.8, 4) is 0 Å².